The molecule has 0 spiro atoms. The van der Waals surface area contributed by atoms with Crippen LogP contribution < -0.4 is 5.32 Å². The van der Waals surface area contributed by atoms with Crippen LogP contribution >= 0.6 is 0 Å². The highest BCUT2D eigenvalue weighted by molar-refractivity contribution is 4.59. The van der Waals surface area contributed by atoms with Crippen molar-refractivity contribution in [2.75, 3.05) is 26.7 Å². The average molecular weight is 240 g/mol. The maximum absolute atomic E-state index is 12.0. The summed E-state index contributed by atoms with van der Waals surface area (Å²) < 4.78 is 35.9. The Hall–Kier alpha value is -0.290. The van der Waals surface area contributed by atoms with Gasteiger partial charge in [0.25, 0.3) is 0 Å². The molecule has 0 bridgehead atoms. The van der Waals surface area contributed by atoms with Gasteiger partial charge < -0.3 is 5.32 Å². The van der Waals surface area contributed by atoms with Crippen LogP contribution in [-0.2, 0) is 0 Å². The highest BCUT2D eigenvalue weighted by atomic mass is 19.4. The molecule has 0 saturated carbocycles. The lowest BCUT2D eigenvalue weighted by atomic mass is 10.2. The molecule has 0 radical (unpaired) electrons. The molecule has 0 saturated heterocycles. The number of rotatable bonds is 8. The normalized spacial score (nSPS) is 12.8. The first kappa shape index (κ1) is 15.7. The molecule has 0 aliphatic heterocycles. The zero-order valence-corrected chi connectivity index (χ0v) is 10.4. The van der Waals surface area contributed by atoms with E-state index in [2.05, 4.69) is 19.2 Å². The summed E-state index contributed by atoms with van der Waals surface area (Å²) in [6.45, 7) is 4.81. The van der Waals surface area contributed by atoms with Crippen molar-refractivity contribution < 1.29 is 13.2 Å². The summed E-state index contributed by atoms with van der Waals surface area (Å²) in [4.78, 5) is 1.33. The summed E-state index contributed by atoms with van der Waals surface area (Å²) in [5.74, 6) is 0. The van der Waals surface area contributed by atoms with E-state index in [0.717, 1.165) is 25.8 Å². The highest BCUT2D eigenvalue weighted by Crippen LogP contribution is 2.15. The van der Waals surface area contributed by atoms with Crippen LogP contribution in [0.3, 0.4) is 0 Å². The van der Waals surface area contributed by atoms with Gasteiger partial charge in [0.1, 0.15) is 0 Å². The smallest absolute Gasteiger partial charge is 0.315 e. The predicted molar refractivity (Wildman–Crippen MR) is 60.5 cm³/mol. The van der Waals surface area contributed by atoms with Gasteiger partial charge in [-0.05, 0) is 33.0 Å². The van der Waals surface area contributed by atoms with E-state index < -0.39 is 12.7 Å². The molecule has 16 heavy (non-hydrogen) atoms. The van der Waals surface area contributed by atoms with E-state index in [9.17, 15) is 13.2 Å². The fraction of sp³-hybridized carbons (Fsp3) is 1.00. The molecule has 0 atom stereocenters. The molecular weight excluding hydrogens is 217 g/mol. The summed E-state index contributed by atoms with van der Waals surface area (Å²) >= 11 is 0. The minimum Gasteiger partial charge on any atom is -0.315 e. The van der Waals surface area contributed by atoms with Gasteiger partial charge in [-0.25, -0.2) is 0 Å². The van der Waals surface area contributed by atoms with E-state index in [1.165, 1.54) is 11.9 Å². The van der Waals surface area contributed by atoms with Crippen molar-refractivity contribution >= 4 is 0 Å². The van der Waals surface area contributed by atoms with Crippen molar-refractivity contribution in [3.8, 4) is 0 Å². The highest BCUT2D eigenvalue weighted by Gasteiger charge is 2.28. The molecule has 0 fully saturated rings. The first-order chi connectivity index (χ1) is 7.31. The van der Waals surface area contributed by atoms with Gasteiger partial charge in [-0.1, -0.05) is 20.3 Å². The van der Waals surface area contributed by atoms with E-state index in [-0.39, 0.29) is 0 Å². The van der Waals surface area contributed by atoms with Crippen LogP contribution in [-0.4, -0.2) is 43.8 Å². The standard InChI is InChI=1S/C11H23F3N2/c1-10(2)15-7-5-4-6-8-16(3)9-11(12,13)14/h10,15H,4-9H2,1-3H3. The number of hydrogen-bond donors (Lipinski definition) is 1. The Morgan fingerprint density at radius 2 is 1.75 bits per heavy atom. The first-order valence-electron chi connectivity index (χ1n) is 5.80. The van der Waals surface area contributed by atoms with Crippen LogP contribution in [0.5, 0.6) is 0 Å². The van der Waals surface area contributed by atoms with Crippen LogP contribution in [0.2, 0.25) is 0 Å². The van der Waals surface area contributed by atoms with Crippen LogP contribution in [0, 0.1) is 0 Å². The van der Waals surface area contributed by atoms with Crippen LogP contribution in [0.4, 0.5) is 13.2 Å². The third-order valence-corrected chi connectivity index (χ3v) is 2.22. The van der Waals surface area contributed by atoms with Gasteiger partial charge in [0.05, 0.1) is 6.54 Å². The van der Waals surface area contributed by atoms with Crippen molar-refractivity contribution in [2.45, 2.75) is 45.3 Å². The molecule has 2 nitrogen and oxygen atoms in total. The molecule has 0 rings (SSSR count). The Labute approximate surface area is 96.2 Å². The molecular formula is C11H23F3N2. The van der Waals surface area contributed by atoms with Crippen molar-refractivity contribution in [2.24, 2.45) is 0 Å². The fourth-order valence-corrected chi connectivity index (χ4v) is 1.46. The average Bonchev–Trinajstić information content (AvgIpc) is 2.07. The molecule has 0 aromatic heterocycles. The van der Waals surface area contributed by atoms with E-state index in [1.807, 2.05) is 0 Å². The van der Waals surface area contributed by atoms with Gasteiger partial charge in [0.2, 0.25) is 0 Å². The number of unbranched alkanes of at least 4 members (excludes halogenated alkanes) is 2. The van der Waals surface area contributed by atoms with E-state index in [4.69, 9.17) is 0 Å². The Kier molecular flexibility index (Phi) is 7.76. The third-order valence-electron chi connectivity index (χ3n) is 2.22. The zero-order chi connectivity index (χ0) is 12.6. The molecule has 0 aromatic carbocycles. The SMILES string of the molecule is CC(C)NCCCCCN(C)CC(F)(F)F. The minimum atomic E-state index is -4.08. The second-order valence-electron chi connectivity index (χ2n) is 4.52. The van der Waals surface area contributed by atoms with E-state index >= 15 is 0 Å². The van der Waals surface area contributed by atoms with Crippen LogP contribution in [0.15, 0.2) is 0 Å². The number of halogens is 3. The van der Waals surface area contributed by atoms with Crippen molar-refractivity contribution in [1.29, 1.82) is 0 Å². The van der Waals surface area contributed by atoms with Crippen molar-refractivity contribution in [3.63, 3.8) is 0 Å². The Bertz CT molecular complexity index is 169. The van der Waals surface area contributed by atoms with Crippen LogP contribution in [0.25, 0.3) is 0 Å². The lowest BCUT2D eigenvalue weighted by Gasteiger charge is -2.18. The second-order valence-corrected chi connectivity index (χ2v) is 4.52. The molecule has 1 N–H and O–H groups in total. The molecule has 0 amide bonds. The molecule has 98 valence electrons. The number of nitrogens with one attached hydrogen (secondary N) is 1. The Morgan fingerprint density at radius 3 is 2.25 bits per heavy atom. The van der Waals surface area contributed by atoms with Crippen molar-refractivity contribution in [3.05, 3.63) is 0 Å². The minimum absolute atomic E-state index is 0.480. The fourth-order valence-electron chi connectivity index (χ4n) is 1.46. The molecule has 0 heterocycles. The topological polar surface area (TPSA) is 15.3 Å². The third kappa shape index (κ3) is 11.8. The maximum atomic E-state index is 12.0. The molecule has 0 aromatic rings. The summed E-state index contributed by atoms with van der Waals surface area (Å²) in [5.41, 5.74) is 0. The number of hydrogen-bond acceptors (Lipinski definition) is 2. The Balaban J connectivity index is 3.31. The van der Waals surface area contributed by atoms with Crippen LogP contribution in [0.1, 0.15) is 33.1 Å². The number of alkyl halides is 3. The molecule has 0 aliphatic carbocycles. The summed E-state index contributed by atoms with van der Waals surface area (Å²) in [5, 5.41) is 3.28. The van der Waals surface area contributed by atoms with Gasteiger partial charge in [0, 0.05) is 6.04 Å². The maximum Gasteiger partial charge on any atom is 0.401 e. The largest absolute Gasteiger partial charge is 0.401 e. The molecule has 0 unspecified atom stereocenters. The van der Waals surface area contributed by atoms with Crippen molar-refractivity contribution in [1.82, 2.24) is 10.2 Å². The first-order valence-corrected chi connectivity index (χ1v) is 5.80. The monoisotopic (exact) mass is 240 g/mol. The van der Waals surface area contributed by atoms with Gasteiger partial charge >= 0.3 is 6.18 Å². The Morgan fingerprint density at radius 1 is 1.12 bits per heavy atom. The molecule has 5 heteroatoms. The van der Waals surface area contributed by atoms with E-state index in [0.29, 0.717) is 12.6 Å². The predicted octanol–water partition coefficient (Wildman–Crippen LogP) is 2.65. The number of nitrogens with zero attached hydrogens (tertiary/aromatic N) is 1. The molecule has 0 aliphatic rings. The van der Waals surface area contributed by atoms with Gasteiger partial charge in [-0.15, -0.1) is 0 Å². The summed E-state index contributed by atoms with van der Waals surface area (Å²) in [7, 11) is 1.51. The van der Waals surface area contributed by atoms with Gasteiger partial charge in [-0.3, -0.25) is 4.90 Å². The van der Waals surface area contributed by atoms with E-state index in [1.54, 1.807) is 0 Å². The van der Waals surface area contributed by atoms with Gasteiger partial charge in [-0.2, -0.15) is 13.2 Å². The van der Waals surface area contributed by atoms with Gasteiger partial charge in [0.15, 0.2) is 0 Å². The lowest BCUT2D eigenvalue weighted by molar-refractivity contribution is -0.143. The zero-order valence-electron chi connectivity index (χ0n) is 10.4. The lowest BCUT2D eigenvalue weighted by Crippen LogP contribution is -2.31. The summed E-state index contributed by atoms with van der Waals surface area (Å²) in [6.07, 6.45) is -1.25. The quantitative estimate of drug-likeness (QED) is 0.656. The second kappa shape index (κ2) is 7.90. The summed E-state index contributed by atoms with van der Waals surface area (Å²) in [6, 6.07) is 0.480.